The number of carboxylic acids is 1. The predicted octanol–water partition coefficient (Wildman–Crippen LogP) is 0.670. The number of hydrogen-bond donors (Lipinski definition) is 2. The first-order valence-corrected chi connectivity index (χ1v) is 5.76. The Bertz CT molecular complexity index is 475. The average Bonchev–Trinajstić information content (AvgIpc) is 2.76. The fraction of sp³-hybridized carbons (Fsp3) is 0.417. The van der Waals surface area contributed by atoms with Gasteiger partial charge >= 0.3 is 5.97 Å². The van der Waals surface area contributed by atoms with E-state index < -0.39 is 5.97 Å². The summed E-state index contributed by atoms with van der Waals surface area (Å²) in [5, 5.41) is 11.5. The second kappa shape index (κ2) is 5.14. The van der Waals surface area contributed by atoms with Crippen LogP contribution in [0.2, 0.25) is 0 Å². The van der Waals surface area contributed by atoms with Crippen LogP contribution < -0.4 is 5.32 Å². The maximum Gasteiger partial charge on any atom is 0.354 e. The minimum Gasteiger partial charge on any atom is -0.477 e. The van der Waals surface area contributed by atoms with E-state index in [0.717, 1.165) is 19.5 Å². The van der Waals surface area contributed by atoms with Gasteiger partial charge in [0.2, 0.25) is 5.91 Å². The van der Waals surface area contributed by atoms with Crippen molar-refractivity contribution < 1.29 is 14.7 Å². The van der Waals surface area contributed by atoms with Crippen molar-refractivity contribution in [3.05, 3.63) is 23.9 Å². The van der Waals surface area contributed by atoms with Gasteiger partial charge in [-0.05, 0) is 32.1 Å². The fourth-order valence-electron chi connectivity index (χ4n) is 2.00. The summed E-state index contributed by atoms with van der Waals surface area (Å²) in [7, 11) is 1.97. The van der Waals surface area contributed by atoms with E-state index in [1.54, 1.807) is 12.1 Å². The number of anilines is 1. The molecule has 0 saturated carbocycles. The zero-order valence-electron chi connectivity index (χ0n) is 10.1. The number of pyridine rings is 1. The molecule has 0 aromatic carbocycles. The van der Waals surface area contributed by atoms with Crippen LogP contribution in [0.3, 0.4) is 0 Å². The van der Waals surface area contributed by atoms with E-state index in [9.17, 15) is 9.59 Å². The van der Waals surface area contributed by atoms with Crippen LogP contribution in [0.5, 0.6) is 0 Å². The molecule has 1 aliphatic heterocycles. The van der Waals surface area contributed by atoms with Crippen molar-refractivity contribution in [2.24, 2.45) is 5.92 Å². The standard InChI is InChI=1S/C12H15N3O3/c1-15-6-5-8(7-15)11(16)14-10-4-2-3-9(13-10)12(17)18/h2-4,8H,5-7H2,1H3,(H,17,18)(H,13,14,16). The minimum absolute atomic E-state index is 0.0507. The van der Waals surface area contributed by atoms with Crippen LogP contribution in [0.1, 0.15) is 16.9 Å². The second-order valence-corrected chi connectivity index (χ2v) is 4.45. The molecule has 1 amide bonds. The summed E-state index contributed by atoms with van der Waals surface area (Å²) in [4.78, 5) is 28.6. The molecular weight excluding hydrogens is 234 g/mol. The summed E-state index contributed by atoms with van der Waals surface area (Å²) in [5.74, 6) is -0.971. The molecule has 1 fully saturated rings. The van der Waals surface area contributed by atoms with Gasteiger partial charge in [0.05, 0.1) is 5.92 Å². The Balaban J connectivity index is 2.03. The molecule has 1 saturated heterocycles. The van der Waals surface area contributed by atoms with Crippen LogP contribution in [0.25, 0.3) is 0 Å². The highest BCUT2D eigenvalue weighted by Crippen LogP contribution is 2.16. The molecule has 0 bridgehead atoms. The third-order valence-corrected chi connectivity index (χ3v) is 2.98. The molecule has 0 radical (unpaired) electrons. The van der Waals surface area contributed by atoms with Crippen molar-refractivity contribution in [3.63, 3.8) is 0 Å². The number of carboxylic acid groups (broad SMARTS) is 1. The maximum atomic E-state index is 11.9. The number of likely N-dealkylation sites (tertiary alicyclic amines) is 1. The summed E-state index contributed by atoms with van der Waals surface area (Å²) in [6.45, 7) is 1.63. The Morgan fingerprint density at radius 1 is 1.50 bits per heavy atom. The van der Waals surface area contributed by atoms with Gasteiger partial charge in [0.1, 0.15) is 5.82 Å². The topological polar surface area (TPSA) is 82.5 Å². The summed E-state index contributed by atoms with van der Waals surface area (Å²) in [6, 6.07) is 4.54. The normalized spacial score (nSPS) is 19.7. The molecule has 0 spiro atoms. The molecular formula is C12H15N3O3. The lowest BCUT2D eigenvalue weighted by molar-refractivity contribution is -0.119. The highest BCUT2D eigenvalue weighted by molar-refractivity contribution is 5.93. The van der Waals surface area contributed by atoms with Crippen molar-refractivity contribution >= 4 is 17.7 Å². The van der Waals surface area contributed by atoms with E-state index in [4.69, 9.17) is 5.11 Å². The number of aromatic carboxylic acids is 1. The van der Waals surface area contributed by atoms with Gasteiger partial charge in [-0.15, -0.1) is 0 Å². The Kier molecular flexibility index (Phi) is 3.57. The smallest absolute Gasteiger partial charge is 0.354 e. The van der Waals surface area contributed by atoms with Gasteiger partial charge in [-0.3, -0.25) is 4.79 Å². The summed E-state index contributed by atoms with van der Waals surface area (Å²) in [5.41, 5.74) is -0.0728. The fourth-order valence-corrected chi connectivity index (χ4v) is 2.00. The first-order valence-electron chi connectivity index (χ1n) is 5.76. The highest BCUT2D eigenvalue weighted by atomic mass is 16.4. The Morgan fingerprint density at radius 3 is 2.89 bits per heavy atom. The number of aromatic nitrogens is 1. The first-order chi connectivity index (χ1) is 8.56. The summed E-state index contributed by atoms with van der Waals surface area (Å²) in [6.07, 6.45) is 0.820. The van der Waals surface area contributed by atoms with Crippen LogP contribution in [-0.4, -0.2) is 47.0 Å². The van der Waals surface area contributed by atoms with Gasteiger partial charge in [-0.25, -0.2) is 9.78 Å². The molecule has 0 aliphatic carbocycles. The van der Waals surface area contributed by atoms with E-state index >= 15 is 0 Å². The highest BCUT2D eigenvalue weighted by Gasteiger charge is 2.26. The SMILES string of the molecule is CN1CCC(C(=O)Nc2cccc(C(=O)O)n2)C1. The maximum absolute atomic E-state index is 11.9. The molecule has 1 aromatic heterocycles. The molecule has 1 atom stereocenters. The lowest BCUT2D eigenvalue weighted by Crippen LogP contribution is -2.26. The zero-order chi connectivity index (χ0) is 13.1. The van der Waals surface area contributed by atoms with E-state index in [1.165, 1.54) is 6.07 Å². The Hall–Kier alpha value is -1.95. The predicted molar refractivity (Wildman–Crippen MR) is 65.4 cm³/mol. The monoisotopic (exact) mass is 249 g/mol. The summed E-state index contributed by atoms with van der Waals surface area (Å²) < 4.78 is 0. The van der Waals surface area contributed by atoms with E-state index in [0.29, 0.717) is 0 Å². The van der Waals surface area contributed by atoms with Crippen molar-refractivity contribution in [2.75, 3.05) is 25.5 Å². The molecule has 6 heteroatoms. The third kappa shape index (κ3) is 2.84. The Morgan fingerprint density at radius 2 is 2.28 bits per heavy atom. The summed E-state index contributed by atoms with van der Waals surface area (Å²) >= 11 is 0. The number of carbonyl (C=O) groups excluding carboxylic acids is 1. The van der Waals surface area contributed by atoms with Crippen LogP contribution in [0.4, 0.5) is 5.82 Å². The minimum atomic E-state index is -1.10. The van der Waals surface area contributed by atoms with E-state index in [-0.39, 0.29) is 23.3 Å². The number of nitrogens with zero attached hydrogens (tertiary/aromatic N) is 2. The van der Waals surface area contributed by atoms with Crippen LogP contribution in [0.15, 0.2) is 18.2 Å². The van der Waals surface area contributed by atoms with Crippen molar-refractivity contribution in [1.29, 1.82) is 0 Å². The van der Waals surface area contributed by atoms with Gasteiger partial charge in [-0.2, -0.15) is 0 Å². The lowest BCUT2D eigenvalue weighted by atomic mass is 10.1. The number of carbonyl (C=O) groups is 2. The number of nitrogens with one attached hydrogen (secondary N) is 1. The quantitative estimate of drug-likeness (QED) is 0.822. The van der Waals surface area contributed by atoms with Crippen LogP contribution in [0, 0.1) is 5.92 Å². The van der Waals surface area contributed by atoms with Crippen molar-refractivity contribution in [1.82, 2.24) is 9.88 Å². The van der Waals surface area contributed by atoms with E-state index in [1.807, 2.05) is 7.05 Å². The number of hydrogen-bond acceptors (Lipinski definition) is 4. The molecule has 2 N–H and O–H groups in total. The van der Waals surface area contributed by atoms with Gasteiger partial charge in [-0.1, -0.05) is 6.07 Å². The van der Waals surface area contributed by atoms with Gasteiger partial charge in [0, 0.05) is 6.54 Å². The van der Waals surface area contributed by atoms with Crippen molar-refractivity contribution in [3.8, 4) is 0 Å². The lowest BCUT2D eigenvalue weighted by Gasteiger charge is -2.10. The largest absolute Gasteiger partial charge is 0.477 e. The molecule has 2 rings (SSSR count). The zero-order valence-corrected chi connectivity index (χ0v) is 10.1. The first kappa shape index (κ1) is 12.5. The molecule has 6 nitrogen and oxygen atoms in total. The van der Waals surface area contributed by atoms with E-state index in [2.05, 4.69) is 15.2 Å². The molecule has 2 heterocycles. The van der Waals surface area contributed by atoms with Gasteiger partial charge in [0.15, 0.2) is 5.69 Å². The van der Waals surface area contributed by atoms with Crippen LogP contribution >= 0.6 is 0 Å². The third-order valence-electron chi connectivity index (χ3n) is 2.98. The molecule has 18 heavy (non-hydrogen) atoms. The molecule has 1 aromatic rings. The second-order valence-electron chi connectivity index (χ2n) is 4.45. The molecule has 96 valence electrons. The number of amides is 1. The van der Waals surface area contributed by atoms with Gasteiger partial charge in [0.25, 0.3) is 0 Å². The van der Waals surface area contributed by atoms with Crippen LogP contribution in [-0.2, 0) is 4.79 Å². The Labute approximate surface area is 105 Å². The van der Waals surface area contributed by atoms with Crippen molar-refractivity contribution in [2.45, 2.75) is 6.42 Å². The molecule has 1 unspecified atom stereocenters. The van der Waals surface area contributed by atoms with Gasteiger partial charge < -0.3 is 15.3 Å². The number of rotatable bonds is 3. The average molecular weight is 249 g/mol. The molecule has 1 aliphatic rings.